The van der Waals surface area contributed by atoms with Gasteiger partial charge in [0.1, 0.15) is 5.75 Å². The number of fused-ring (bicyclic) bond motifs is 1. The molecule has 0 spiro atoms. The zero-order valence-electron chi connectivity index (χ0n) is 12.1. The first-order chi connectivity index (χ1) is 10.2. The maximum Gasteiger partial charge on any atom is 0.262 e. The molecule has 0 saturated heterocycles. The first kappa shape index (κ1) is 13.5. The molecule has 3 rings (SSSR count). The molecule has 1 aliphatic rings. The van der Waals surface area contributed by atoms with Crippen LogP contribution in [0, 0.1) is 0 Å². The van der Waals surface area contributed by atoms with E-state index in [0.29, 0.717) is 5.75 Å². The first-order valence-corrected chi connectivity index (χ1v) is 7.01. The monoisotopic (exact) mass is 286 g/mol. The third kappa shape index (κ3) is 2.84. The molecule has 0 saturated carbocycles. The number of nitrogens with one attached hydrogen (secondary N) is 2. The molecular formula is C15H18N4O2. The summed E-state index contributed by atoms with van der Waals surface area (Å²) in [7, 11) is 0. The summed E-state index contributed by atoms with van der Waals surface area (Å²) in [6.45, 7) is 5.04. The molecule has 0 bridgehead atoms. The average Bonchev–Trinajstić information content (AvgIpc) is 2.94. The molecule has 2 N–H and O–H groups in total. The van der Waals surface area contributed by atoms with Gasteiger partial charge in [-0.2, -0.15) is 5.10 Å². The lowest BCUT2D eigenvalue weighted by Gasteiger charge is -2.21. The predicted molar refractivity (Wildman–Crippen MR) is 80.5 cm³/mol. The minimum Gasteiger partial charge on any atom is -0.482 e. The van der Waals surface area contributed by atoms with Crippen LogP contribution in [0.2, 0.25) is 0 Å². The molecule has 1 atom stereocenters. The van der Waals surface area contributed by atoms with Gasteiger partial charge in [0.05, 0.1) is 17.6 Å². The summed E-state index contributed by atoms with van der Waals surface area (Å²) < 4.78 is 7.23. The number of carbonyl (C=O) groups excluding carboxylic acids is 1. The normalized spacial score (nSPS) is 14.9. The van der Waals surface area contributed by atoms with Crippen molar-refractivity contribution in [1.29, 1.82) is 0 Å². The van der Waals surface area contributed by atoms with Crippen LogP contribution in [-0.4, -0.2) is 22.3 Å². The highest BCUT2D eigenvalue weighted by atomic mass is 16.5. The molecule has 0 fully saturated rings. The van der Waals surface area contributed by atoms with Crippen LogP contribution in [0.4, 0.5) is 11.4 Å². The third-order valence-electron chi connectivity index (χ3n) is 3.48. The molecule has 110 valence electrons. The summed E-state index contributed by atoms with van der Waals surface area (Å²) >= 11 is 0. The number of ether oxygens (including phenoxy) is 1. The van der Waals surface area contributed by atoms with Gasteiger partial charge in [-0.1, -0.05) is 6.07 Å². The Kier molecular flexibility index (Phi) is 3.51. The minimum atomic E-state index is -0.121. The third-order valence-corrected chi connectivity index (χ3v) is 3.48. The number of benzene rings is 1. The molecule has 2 heterocycles. The average molecular weight is 286 g/mol. The summed E-state index contributed by atoms with van der Waals surface area (Å²) in [5.41, 5.74) is 2.77. The number of nitrogens with zero attached hydrogens (tertiary/aromatic N) is 2. The van der Waals surface area contributed by atoms with Gasteiger partial charge in [-0.25, -0.2) is 0 Å². The highest BCUT2D eigenvalue weighted by molar-refractivity contribution is 5.95. The topological polar surface area (TPSA) is 68.2 Å². The Hall–Kier alpha value is -2.50. The molecule has 0 aliphatic carbocycles. The number of aryl methyl sites for hydroxylation is 1. The molecule has 2 aromatic rings. The smallest absolute Gasteiger partial charge is 0.262 e. The molecule has 6 heteroatoms. The number of hydrogen-bond acceptors (Lipinski definition) is 4. The van der Waals surface area contributed by atoms with E-state index >= 15 is 0 Å². The van der Waals surface area contributed by atoms with E-state index in [2.05, 4.69) is 22.7 Å². The minimum absolute atomic E-state index is 0.0797. The maximum absolute atomic E-state index is 11.4. The largest absolute Gasteiger partial charge is 0.482 e. The quantitative estimate of drug-likeness (QED) is 0.905. The van der Waals surface area contributed by atoms with Crippen molar-refractivity contribution in [2.45, 2.75) is 26.4 Å². The summed E-state index contributed by atoms with van der Waals surface area (Å²) in [6, 6.07) is 5.92. The molecule has 0 radical (unpaired) electrons. The van der Waals surface area contributed by atoms with E-state index in [0.717, 1.165) is 23.5 Å². The Balaban J connectivity index is 1.76. The Morgan fingerprint density at radius 1 is 1.52 bits per heavy atom. The van der Waals surface area contributed by atoms with Crippen LogP contribution in [0.25, 0.3) is 0 Å². The number of aromatic nitrogens is 2. The van der Waals surface area contributed by atoms with Crippen molar-refractivity contribution in [3.63, 3.8) is 0 Å². The lowest BCUT2D eigenvalue weighted by Crippen LogP contribution is -2.25. The van der Waals surface area contributed by atoms with E-state index in [9.17, 15) is 4.79 Å². The zero-order chi connectivity index (χ0) is 14.8. The molecule has 1 amide bonds. The van der Waals surface area contributed by atoms with Crippen molar-refractivity contribution in [2.75, 3.05) is 17.2 Å². The van der Waals surface area contributed by atoms with E-state index in [1.54, 1.807) is 0 Å². The number of carbonyl (C=O) groups is 1. The Morgan fingerprint density at radius 2 is 2.38 bits per heavy atom. The van der Waals surface area contributed by atoms with Gasteiger partial charge in [0.2, 0.25) is 0 Å². The maximum atomic E-state index is 11.4. The standard InChI is InChI=1S/C15H18N4O2/c1-3-19-8-12(7-16-19)17-10(2)11-4-5-14-13(6-11)18-15(20)9-21-14/h4-8,10,17H,3,9H2,1-2H3,(H,18,20). The van der Waals surface area contributed by atoms with Crippen molar-refractivity contribution in [1.82, 2.24) is 9.78 Å². The summed E-state index contributed by atoms with van der Waals surface area (Å²) in [6.07, 6.45) is 3.78. The Bertz CT molecular complexity index is 665. The Morgan fingerprint density at radius 3 is 3.14 bits per heavy atom. The van der Waals surface area contributed by atoms with Gasteiger partial charge >= 0.3 is 0 Å². The van der Waals surface area contributed by atoms with Crippen LogP contribution in [0.1, 0.15) is 25.5 Å². The SMILES string of the molecule is CCn1cc(NC(C)c2ccc3c(c2)NC(=O)CO3)cn1. The van der Waals surface area contributed by atoms with Crippen molar-refractivity contribution < 1.29 is 9.53 Å². The highest BCUT2D eigenvalue weighted by Gasteiger charge is 2.17. The van der Waals surface area contributed by atoms with E-state index in [1.807, 2.05) is 42.2 Å². The molecule has 6 nitrogen and oxygen atoms in total. The van der Waals surface area contributed by atoms with Crippen LogP contribution in [0.3, 0.4) is 0 Å². The number of amides is 1. The van der Waals surface area contributed by atoms with E-state index < -0.39 is 0 Å². The van der Waals surface area contributed by atoms with Gasteiger partial charge in [-0.3, -0.25) is 9.48 Å². The van der Waals surface area contributed by atoms with Crippen LogP contribution in [0.5, 0.6) is 5.75 Å². The molecule has 1 aromatic carbocycles. The molecule has 1 aliphatic heterocycles. The number of rotatable bonds is 4. The first-order valence-electron chi connectivity index (χ1n) is 7.01. The van der Waals surface area contributed by atoms with Crippen LogP contribution in [0.15, 0.2) is 30.6 Å². The van der Waals surface area contributed by atoms with E-state index in [4.69, 9.17) is 4.74 Å². The van der Waals surface area contributed by atoms with Gasteiger partial charge in [-0.15, -0.1) is 0 Å². The van der Waals surface area contributed by atoms with Crippen LogP contribution >= 0.6 is 0 Å². The van der Waals surface area contributed by atoms with E-state index in [1.165, 1.54) is 0 Å². The van der Waals surface area contributed by atoms with Gasteiger partial charge in [0, 0.05) is 18.8 Å². The van der Waals surface area contributed by atoms with Gasteiger partial charge in [0.15, 0.2) is 6.61 Å². The highest BCUT2D eigenvalue weighted by Crippen LogP contribution is 2.31. The van der Waals surface area contributed by atoms with Gasteiger partial charge < -0.3 is 15.4 Å². The lowest BCUT2D eigenvalue weighted by molar-refractivity contribution is -0.118. The second-order valence-corrected chi connectivity index (χ2v) is 5.04. The van der Waals surface area contributed by atoms with Crippen LogP contribution in [-0.2, 0) is 11.3 Å². The Labute approximate surface area is 123 Å². The second-order valence-electron chi connectivity index (χ2n) is 5.04. The van der Waals surface area contributed by atoms with Gasteiger partial charge in [-0.05, 0) is 31.5 Å². The summed E-state index contributed by atoms with van der Waals surface area (Å²) in [5.74, 6) is 0.592. The zero-order valence-corrected chi connectivity index (χ0v) is 12.1. The molecular weight excluding hydrogens is 268 g/mol. The second kappa shape index (κ2) is 5.47. The fraction of sp³-hybridized carbons (Fsp3) is 0.333. The molecule has 21 heavy (non-hydrogen) atoms. The van der Waals surface area contributed by atoms with Crippen molar-refractivity contribution >= 4 is 17.3 Å². The summed E-state index contributed by atoms with van der Waals surface area (Å²) in [4.78, 5) is 11.4. The number of hydrogen-bond donors (Lipinski definition) is 2. The van der Waals surface area contributed by atoms with Crippen molar-refractivity contribution in [2.24, 2.45) is 0 Å². The fourth-order valence-corrected chi connectivity index (χ4v) is 2.31. The predicted octanol–water partition coefficient (Wildman–Crippen LogP) is 2.41. The molecule has 1 aromatic heterocycles. The van der Waals surface area contributed by atoms with E-state index in [-0.39, 0.29) is 18.6 Å². The van der Waals surface area contributed by atoms with Crippen molar-refractivity contribution in [3.05, 3.63) is 36.2 Å². The van der Waals surface area contributed by atoms with Gasteiger partial charge in [0.25, 0.3) is 5.91 Å². The van der Waals surface area contributed by atoms with Crippen LogP contribution < -0.4 is 15.4 Å². The van der Waals surface area contributed by atoms with Crippen molar-refractivity contribution in [3.8, 4) is 5.75 Å². The molecule has 1 unspecified atom stereocenters. The summed E-state index contributed by atoms with van der Waals surface area (Å²) in [5, 5.41) is 10.5. The fourth-order valence-electron chi connectivity index (χ4n) is 2.31. The lowest BCUT2D eigenvalue weighted by atomic mass is 10.1. The number of anilines is 2.